The lowest BCUT2D eigenvalue weighted by Crippen LogP contribution is -2.40. The lowest BCUT2D eigenvalue weighted by molar-refractivity contribution is 0.241. The van der Waals surface area contributed by atoms with Gasteiger partial charge < -0.3 is 10.1 Å². The van der Waals surface area contributed by atoms with Crippen molar-refractivity contribution in [3.63, 3.8) is 0 Å². The predicted molar refractivity (Wildman–Crippen MR) is 60.1 cm³/mol. The molecule has 5 heteroatoms. The fourth-order valence-corrected chi connectivity index (χ4v) is 1.77. The first kappa shape index (κ1) is 10.8. The molecule has 0 saturated carbocycles. The summed E-state index contributed by atoms with van der Waals surface area (Å²) in [4.78, 5) is 10.8. The molecule has 1 aliphatic rings. The van der Waals surface area contributed by atoms with Crippen LogP contribution < -0.4 is 21.3 Å². The molecule has 2 amide bonds. The molecule has 0 aliphatic carbocycles. The quantitative estimate of drug-likeness (QED) is 0.391. The van der Waals surface area contributed by atoms with E-state index in [1.165, 1.54) is 11.1 Å². The number of hydrazine groups is 1. The zero-order chi connectivity index (χ0) is 11.4. The number of hydrogen-bond donors (Lipinski definition) is 3. The van der Waals surface area contributed by atoms with E-state index in [2.05, 4.69) is 11.4 Å². The summed E-state index contributed by atoms with van der Waals surface area (Å²) in [7, 11) is 0. The van der Waals surface area contributed by atoms with E-state index < -0.39 is 0 Å². The van der Waals surface area contributed by atoms with Gasteiger partial charge in [-0.05, 0) is 23.6 Å². The predicted octanol–water partition coefficient (Wildman–Crippen LogP) is 0.337. The normalized spacial score (nSPS) is 12.8. The molecule has 0 radical (unpaired) electrons. The van der Waals surface area contributed by atoms with Gasteiger partial charge in [-0.3, -0.25) is 5.43 Å². The van der Waals surface area contributed by atoms with Crippen molar-refractivity contribution in [2.24, 2.45) is 5.84 Å². The minimum Gasteiger partial charge on any atom is -0.493 e. The standard InChI is InChI=1S/C11H15N3O2/c12-14-11(15)13-5-3-8-1-2-10-9(7-8)4-6-16-10/h1-2,7H,3-6,12H2,(H2,13,14,15). The summed E-state index contributed by atoms with van der Waals surface area (Å²) in [6.07, 6.45) is 1.76. The average molecular weight is 221 g/mol. The number of carbonyl (C=O) groups is 1. The third-order valence-corrected chi connectivity index (χ3v) is 2.58. The van der Waals surface area contributed by atoms with Crippen LogP contribution in [0.15, 0.2) is 18.2 Å². The van der Waals surface area contributed by atoms with Crippen LogP contribution in [-0.4, -0.2) is 19.2 Å². The van der Waals surface area contributed by atoms with Gasteiger partial charge in [0.15, 0.2) is 0 Å². The number of rotatable bonds is 3. The summed E-state index contributed by atoms with van der Waals surface area (Å²) in [5.74, 6) is 5.93. The Morgan fingerprint density at radius 2 is 2.38 bits per heavy atom. The van der Waals surface area contributed by atoms with Crippen molar-refractivity contribution in [1.29, 1.82) is 0 Å². The van der Waals surface area contributed by atoms with Crippen LogP contribution in [0.3, 0.4) is 0 Å². The molecule has 0 spiro atoms. The molecule has 1 heterocycles. The van der Waals surface area contributed by atoms with Gasteiger partial charge >= 0.3 is 6.03 Å². The van der Waals surface area contributed by atoms with E-state index in [9.17, 15) is 4.79 Å². The third kappa shape index (κ3) is 2.43. The smallest absolute Gasteiger partial charge is 0.328 e. The minimum atomic E-state index is -0.357. The maximum Gasteiger partial charge on any atom is 0.328 e. The first-order valence-electron chi connectivity index (χ1n) is 5.28. The Balaban J connectivity index is 1.88. The molecule has 16 heavy (non-hydrogen) atoms. The second-order valence-corrected chi connectivity index (χ2v) is 3.69. The largest absolute Gasteiger partial charge is 0.493 e. The zero-order valence-electron chi connectivity index (χ0n) is 8.95. The number of nitrogens with two attached hydrogens (primary N) is 1. The minimum absolute atomic E-state index is 0.357. The van der Waals surface area contributed by atoms with Crippen LogP contribution in [-0.2, 0) is 12.8 Å². The summed E-state index contributed by atoms with van der Waals surface area (Å²) < 4.78 is 5.42. The number of ether oxygens (including phenoxy) is 1. The van der Waals surface area contributed by atoms with Crippen molar-refractivity contribution < 1.29 is 9.53 Å². The number of urea groups is 1. The Bertz CT molecular complexity index is 393. The Labute approximate surface area is 93.9 Å². The van der Waals surface area contributed by atoms with Crippen molar-refractivity contribution in [1.82, 2.24) is 10.7 Å². The van der Waals surface area contributed by atoms with Gasteiger partial charge in [-0.1, -0.05) is 12.1 Å². The maximum atomic E-state index is 10.8. The molecule has 0 saturated heterocycles. The van der Waals surface area contributed by atoms with Gasteiger partial charge in [0, 0.05) is 13.0 Å². The van der Waals surface area contributed by atoms with Crippen molar-refractivity contribution in [3.8, 4) is 5.75 Å². The van der Waals surface area contributed by atoms with E-state index in [1.54, 1.807) is 0 Å². The van der Waals surface area contributed by atoms with E-state index in [1.807, 2.05) is 17.6 Å². The molecule has 2 rings (SSSR count). The Morgan fingerprint density at radius 1 is 1.50 bits per heavy atom. The number of fused-ring (bicyclic) bond motifs is 1. The van der Waals surface area contributed by atoms with Crippen LogP contribution in [0.1, 0.15) is 11.1 Å². The molecule has 1 aliphatic heterocycles. The fraction of sp³-hybridized carbons (Fsp3) is 0.364. The van der Waals surface area contributed by atoms with Gasteiger partial charge in [0.05, 0.1) is 6.61 Å². The second kappa shape index (κ2) is 4.85. The number of hydrogen-bond acceptors (Lipinski definition) is 3. The van der Waals surface area contributed by atoms with Gasteiger partial charge in [-0.25, -0.2) is 10.6 Å². The Hall–Kier alpha value is -1.75. The highest BCUT2D eigenvalue weighted by atomic mass is 16.5. The highest BCUT2D eigenvalue weighted by Crippen LogP contribution is 2.25. The first-order chi connectivity index (χ1) is 7.79. The lowest BCUT2D eigenvalue weighted by Gasteiger charge is -2.05. The molecule has 5 nitrogen and oxygen atoms in total. The van der Waals surface area contributed by atoms with Crippen LogP contribution in [0.25, 0.3) is 0 Å². The van der Waals surface area contributed by atoms with Gasteiger partial charge in [-0.2, -0.15) is 0 Å². The van der Waals surface area contributed by atoms with Crippen LogP contribution >= 0.6 is 0 Å². The van der Waals surface area contributed by atoms with Crippen LogP contribution in [0.5, 0.6) is 5.75 Å². The van der Waals surface area contributed by atoms with Crippen LogP contribution in [0.4, 0.5) is 4.79 Å². The number of carbonyl (C=O) groups excluding carboxylic acids is 1. The van der Waals surface area contributed by atoms with E-state index in [0.29, 0.717) is 6.54 Å². The molecule has 0 atom stereocenters. The molecule has 4 N–H and O–H groups in total. The topological polar surface area (TPSA) is 76.4 Å². The zero-order valence-corrected chi connectivity index (χ0v) is 8.95. The molecule has 0 bridgehead atoms. The summed E-state index contributed by atoms with van der Waals surface area (Å²) in [5, 5.41) is 2.64. The first-order valence-corrected chi connectivity index (χ1v) is 5.28. The molecular weight excluding hydrogens is 206 g/mol. The molecule has 0 aromatic heterocycles. The summed E-state index contributed by atoms with van der Waals surface area (Å²) in [6.45, 7) is 1.34. The van der Waals surface area contributed by atoms with Crippen molar-refractivity contribution >= 4 is 6.03 Å². The molecule has 0 unspecified atom stereocenters. The van der Waals surface area contributed by atoms with Crippen molar-refractivity contribution in [2.75, 3.05) is 13.2 Å². The summed E-state index contributed by atoms with van der Waals surface area (Å²) >= 11 is 0. The monoisotopic (exact) mass is 221 g/mol. The van der Waals surface area contributed by atoms with Gasteiger partial charge in [0.2, 0.25) is 0 Å². The van der Waals surface area contributed by atoms with Crippen molar-refractivity contribution in [3.05, 3.63) is 29.3 Å². The third-order valence-electron chi connectivity index (χ3n) is 2.58. The summed E-state index contributed by atoms with van der Waals surface area (Å²) in [6, 6.07) is 5.78. The molecule has 86 valence electrons. The molecular formula is C11H15N3O2. The van der Waals surface area contributed by atoms with Crippen molar-refractivity contribution in [2.45, 2.75) is 12.8 Å². The van der Waals surface area contributed by atoms with Crippen LogP contribution in [0, 0.1) is 0 Å². The maximum absolute atomic E-state index is 10.8. The van der Waals surface area contributed by atoms with E-state index >= 15 is 0 Å². The fourth-order valence-electron chi connectivity index (χ4n) is 1.77. The average Bonchev–Trinajstić information content (AvgIpc) is 2.76. The number of nitrogens with one attached hydrogen (secondary N) is 2. The van der Waals surface area contributed by atoms with Gasteiger partial charge in [-0.15, -0.1) is 0 Å². The highest BCUT2D eigenvalue weighted by molar-refractivity contribution is 5.72. The Kier molecular flexibility index (Phi) is 3.26. The van der Waals surface area contributed by atoms with E-state index in [0.717, 1.165) is 25.2 Å². The molecule has 1 aromatic carbocycles. The van der Waals surface area contributed by atoms with Gasteiger partial charge in [0.1, 0.15) is 5.75 Å². The number of benzene rings is 1. The highest BCUT2D eigenvalue weighted by Gasteiger charge is 2.11. The second-order valence-electron chi connectivity index (χ2n) is 3.69. The summed E-state index contributed by atoms with van der Waals surface area (Å²) in [5.41, 5.74) is 4.47. The number of amides is 2. The SMILES string of the molecule is NNC(=O)NCCc1ccc2c(c1)CCO2. The molecule has 1 aromatic rings. The molecule has 0 fully saturated rings. The van der Waals surface area contributed by atoms with E-state index in [-0.39, 0.29) is 6.03 Å². The van der Waals surface area contributed by atoms with Gasteiger partial charge in [0.25, 0.3) is 0 Å². The Morgan fingerprint density at radius 3 is 3.19 bits per heavy atom. The van der Waals surface area contributed by atoms with E-state index in [4.69, 9.17) is 10.6 Å². The van der Waals surface area contributed by atoms with Crippen LogP contribution in [0.2, 0.25) is 0 Å². The lowest BCUT2D eigenvalue weighted by atomic mass is 10.1.